The van der Waals surface area contributed by atoms with Crippen LogP contribution in [0.5, 0.6) is 5.75 Å². The van der Waals surface area contributed by atoms with E-state index in [0.717, 1.165) is 23.3 Å². The summed E-state index contributed by atoms with van der Waals surface area (Å²) >= 11 is 0. The molecule has 0 heterocycles. The lowest BCUT2D eigenvalue weighted by Crippen LogP contribution is -2.15. The minimum absolute atomic E-state index is 0.159. The van der Waals surface area contributed by atoms with Crippen LogP contribution in [-0.4, -0.2) is 24.3 Å². The van der Waals surface area contributed by atoms with Gasteiger partial charge in [0.15, 0.2) is 0 Å². The highest BCUT2D eigenvalue weighted by atomic mass is 16.5. The molecule has 0 N–H and O–H groups in total. The molecule has 0 amide bonds. The number of ketones is 1. The summed E-state index contributed by atoms with van der Waals surface area (Å²) < 4.78 is 5.74. The first-order chi connectivity index (χ1) is 14.6. The molecule has 152 valence electrons. The monoisotopic (exact) mass is 398 g/mol. The van der Waals surface area contributed by atoms with Crippen LogP contribution in [0.2, 0.25) is 0 Å². The largest absolute Gasteiger partial charge is 0.494 e. The number of carbonyl (C=O) groups excluding carboxylic acids is 1. The predicted molar refractivity (Wildman–Crippen MR) is 123 cm³/mol. The molecule has 30 heavy (non-hydrogen) atoms. The first-order valence-corrected chi connectivity index (χ1v) is 10.1. The lowest BCUT2D eigenvalue weighted by atomic mass is 10.0. The molecular formula is C26H26N2O2. The third-order valence-electron chi connectivity index (χ3n) is 4.51. The van der Waals surface area contributed by atoms with Crippen LogP contribution >= 0.6 is 0 Å². The van der Waals surface area contributed by atoms with E-state index in [1.807, 2.05) is 72.8 Å². The SMILES string of the molecule is CC(C)CCOc1ccc(/C=N\N=C(\C(=O)c2ccccc2)c2ccccc2)cc1. The molecule has 0 saturated carbocycles. The molecule has 0 fully saturated rings. The van der Waals surface area contributed by atoms with Gasteiger partial charge in [0.25, 0.3) is 0 Å². The maximum Gasteiger partial charge on any atom is 0.213 e. The van der Waals surface area contributed by atoms with Crippen molar-refractivity contribution in [3.63, 3.8) is 0 Å². The van der Waals surface area contributed by atoms with Crippen molar-refractivity contribution >= 4 is 17.7 Å². The van der Waals surface area contributed by atoms with Gasteiger partial charge in [0, 0.05) is 11.1 Å². The Morgan fingerprint density at radius 1 is 0.867 bits per heavy atom. The molecule has 0 saturated heterocycles. The standard InChI is InChI=1S/C26H26N2O2/c1-20(2)17-18-30-24-15-13-21(14-16-24)19-27-28-25(22-9-5-3-6-10-22)26(29)23-11-7-4-8-12-23/h3-16,19-20H,17-18H2,1-2H3/b27-19-,28-25+. The number of hydrogen-bond donors (Lipinski definition) is 0. The van der Waals surface area contributed by atoms with Crippen molar-refractivity contribution in [2.75, 3.05) is 6.61 Å². The van der Waals surface area contributed by atoms with Gasteiger partial charge in [0.05, 0.1) is 12.8 Å². The molecule has 0 atom stereocenters. The van der Waals surface area contributed by atoms with Gasteiger partial charge in [-0.3, -0.25) is 4.79 Å². The van der Waals surface area contributed by atoms with Gasteiger partial charge in [0.1, 0.15) is 11.5 Å². The van der Waals surface area contributed by atoms with Gasteiger partial charge in [0.2, 0.25) is 5.78 Å². The number of carbonyl (C=O) groups is 1. The smallest absolute Gasteiger partial charge is 0.213 e. The van der Waals surface area contributed by atoms with Crippen molar-refractivity contribution in [1.82, 2.24) is 0 Å². The fourth-order valence-electron chi connectivity index (χ4n) is 2.77. The van der Waals surface area contributed by atoms with Crippen molar-refractivity contribution in [1.29, 1.82) is 0 Å². The minimum atomic E-state index is -0.159. The van der Waals surface area contributed by atoms with Crippen LogP contribution in [0.1, 0.15) is 41.8 Å². The van der Waals surface area contributed by atoms with E-state index in [9.17, 15) is 4.79 Å². The molecule has 0 radical (unpaired) electrons. The molecule has 0 aliphatic rings. The van der Waals surface area contributed by atoms with Gasteiger partial charge >= 0.3 is 0 Å². The Morgan fingerprint density at radius 3 is 2.07 bits per heavy atom. The lowest BCUT2D eigenvalue weighted by molar-refractivity contribution is 0.106. The Bertz CT molecular complexity index is 992. The Morgan fingerprint density at radius 2 is 1.47 bits per heavy atom. The van der Waals surface area contributed by atoms with E-state index in [1.54, 1.807) is 18.3 Å². The number of benzene rings is 3. The third kappa shape index (κ3) is 6.24. The summed E-state index contributed by atoms with van der Waals surface area (Å²) in [4.78, 5) is 13.0. The van der Waals surface area contributed by atoms with Gasteiger partial charge < -0.3 is 4.74 Å². The number of ether oxygens (including phenoxy) is 1. The molecule has 0 aliphatic carbocycles. The number of Topliss-reactive ketones (excluding diaryl/α,β-unsaturated/α-hetero) is 1. The summed E-state index contributed by atoms with van der Waals surface area (Å²) in [6, 6.07) is 26.2. The highest BCUT2D eigenvalue weighted by Crippen LogP contribution is 2.13. The molecule has 0 spiro atoms. The quantitative estimate of drug-likeness (QED) is 0.259. The second-order valence-electron chi connectivity index (χ2n) is 7.35. The zero-order chi connectivity index (χ0) is 21.2. The van der Waals surface area contributed by atoms with Gasteiger partial charge in [-0.25, -0.2) is 0 Å². The third-order valence-corrected chi connectivity index (χ3v) is 4.51. The minimum Gasteiger partial charge on any atom is -0.494 e. The van der Waals surface area contributed by atoms with E-state index in [1.165, 1.54) is 0 Å². The molecule has 4 nitrogen and oxygen atoms in total. The van der Waals surface area contributed by atoms with Gasteiger partial charge in [-0.1, -0.05) is 74.5 Å². The van der Waals surface area contributed by atoms with Crippen LogP contribution in [0, 0.1) is 5.92 Å². The lowest BCUT2D eigenvalue weighted by Gasteiger charge is -2.07. The van der Waals surface area contributed by atoms with E-state index < -0.39 is 0 Å². The molecule has 0 bridgehead atoms. The Hall–Kier alpha value is -3.53. The molecule has 4 heteroatoms. The summed E-state index contributed by atoms with van der Waals surface area (Å²) in [5.41, 5.74) is 2.51. The van der Waals surface area contributed by atoms with Crippen molar-refractivity contribution in [2.45, 2.75) is 20.3 Å². The molecule has 3 aromatic carbocycles. The zero-order valence-electron chi connectivity index (χ0n) is 17.4. The molecule has 3 rings (SSSR count). The Balaban J connectivity index is 1.75. The van der Waals surface area contributed by atoms with E-state index >= 15 is 0 Å². The summed E-state index contributed by atoms with van der Waals surface area (Å²) in [6.07, 6.45) is 2.66. The summed E-state index contributed by atoms with van der Waals surface area (Å²) in [5, 5.41) is 8.44. The van der Waals surface area contributed by atoms with Gasteiger partial charge in [-0.15, -0.1) is 5.10 Å². The maximum atomic E-state index is 13.0. The van der Waals surface area contributed by atoms with E-state index in [-0.39, 0.29) is 5.78 Å². The van der Waals surface area contributed by atoms with Crippen molar-refractivity contribution in [3.05, 3.63) is 102 Å². The van der Waals surface area contributed by atoms with Crippen LogP contribution in [0.3, 0.4) is 0 Å². The predicted octanol–water partition coefficient (Wildman–Crippen LogP) is 5.82. The van der Waals surface area contributed by atoms with Crippen LogP contribution in [-0.2, 0) is 0 Å². The van der Waals surface area contributed by atoms with Crippen molar-refractivity contribution in [2.24, 2.45) is 16.1 Å². The number of rotatable bonds is 9. The van der Waals surface area contributed by atoms with Crippen LogP contribution in [0.15, 0.2) is 95.1 Å². The summed E-state index contributed by atoms with van der Waals surface area (Å²) in [6.45, 7) is 5.06. The van der Waals surface area contributed by atoms with Crippen LogP contribution < -0.4 is 4.74 Å². The average molecular weight is 399 g/mol. The second-order valence-corrected chi connectivity index (χ2v) is 7.35. The van der Waals surface area contributed by atoms with Crippen molar-refractivity contribution in [3.8, 4) is 5.75 Å². The second kappa shape index (κ2) is 10.9. The van der Waals surface area contributed by atoms with E-state index in [4.69, 9.17) is 4.74 Å². The number of hydrogen-bond acceptors (Lipinski definition) is 4. The average Bonchev–Trinajstić information content (AvgIpc) is 2.78. The van der Waals surface area contributed by atoms with E-state index in [0.29, 0.717) is 23.8 Å². The normalized spacial score (nSPS) is 11.8. The fraction of sp³-hybridized carbons (Fsp3) is 0.192. The fourth-order valence-corrected chi connectivity index (χ4v) is 2.77. The van der Waals surface area contributed by atoms with Gasteiger partial charge in [-0.2, -0.15) is 5.10 Å². The van der Waals surface area contributed by atoms with Gasteiger partial charge in [-0.05, 0) is 42.2 Å². The Kier molecular flexibility index (Phi) is 7.67. The maximum absolute atomic E-state index is 13.0. The molecule has 0 aliphatic heterocycles. The first kappa shape index (κ1) is 21.2. The van der Waals surface area contributed by atoms with Crippen LogP contribution in [0.25, 0.3) is 0 Å². The van der Waals surface area contributed by atoms with E-state index in [2.05, 4.69) is 24.1 Å². The molecule has 0 unspecified atom stereocenters. The zero-order valence-corrected chi connectivity index (χ0v) is 17.4. The Labute approximate surface area is 178 Å². The van der Waals surface area contributed by atoms with Crippen molar-refractivity contribution < 1.29 is 9.53 Å². The molecular weight excluding hydrogens is 372 g/mol. The summed E-state index contributed by atoms with van der Waals surface area (Å²) in [7, 11) is 0. The first-order valence-electron chi connectivity index (χ1n) is 10.1. The highest BCUT2D eigenvalue weighted by Gasteiger charge is 2.15. The topological polar surface area (TPSA) is 51.0 Å². The molecule has 3 aromatic rings. The highest BCUT2D eigenvalue weighted by molar-refractivity contribution is 6.51. The molecule has 0 aromatic heterocycles. The summed E-state index contributed by atoms with van der Waals surface area (Å²) in [5.74, 6) is 1.29. The van der Waals surface area contributed by atoms with Crippen LogP contribution in [0.4, 0.5) is 0 Å². The number of nitrogens with zero attached hydrogens (tertiary/aromatic N) is 2.